The Morgan fingerprint density at radius 2 is 1.97 bits per heavy atom. The van der Waals surface area contributed by atoms with Crippen LogP contribution in [0, 0.1) is 10.1 Å². The molecule has 0 saturated carbocycles. The number of hydrogen-bond acceptors (Lipinski definition) is 8. The molecule has 1 aliphatic rings. The third kappa shape index (κ3) is 4.59. The minimum absolute atomic E-state index is 0.0733. The molecule has 9 nitrogen and oxygen atoms in total. The first-order chi connectivity index (χ1) is 14.2. The van der Waals surface area contributed by atoms with Crippen molar-refractivity contribution in [1.82, 2.24) is 4.98 Å². The fourth-order valence-electron chi connectivity index (χ4n) is 2.58. The fourth-order valence-corrected chi connectivity index (χ4v) is 2.58. The van der Waals surface area contributed by atoms with Crippen LogP contribution in [-0.2, 0) is 6.61 Å². The summed E-state index contributed by atoms with van der Waals surface area (Å²) in [5.41, 5.74) is 4.49. The lowest BCUT2D eigenvalue weighted by atomic mass is 10.2. The van der Waals surface area contributed by atoms with Gasteiger partial charge in [-0.15, -0.1) is 0 Å². The third-order valence-corrected chi connectivity index (χ3v) is 4.07. The number of nitrogens with one attached hydrogen (secondary N) is 1. The van der Waals surface area contributed by atoms with Gasteiger partial charge in [-0.2, -0.15) is 5.10 Å². The highest BCUT2D eigenvalue weighted by molar-refractivity contribution is 5.80. The van der Waals surface area contributed by atoms with Crippen LogP contribution in [-0.4, -0.2) is 22.9 Å². The summed E-state index contributed by atoms with van der Waals surface area (Å²) < 4.78 is 16.4. The maximum atomic E-state index is 10.6. The minimum Gasteiger partial charge on any atom is -0.489 e. The average Bonchev–Trinajstić information content (AvgIpc) is 3.21. The predicted octanol–water partition coefficient (Wildman–Crippen LogP) is 3.74. The van der Waals surface area contributed by atoms with Crippen LogP contribution in [0.1, 0.15) is 11.1 Å². The molecular weight excluding hydrogens is 376 g/mol. The zero-order valence-corrected chi connectivity index (χ0v) is 15.1. The summed E-state index contributed by atoms with van der Waals surface area (Å²) >= 11 is 0. The van der Waals surface area contributed by atoms with E-state index in [-0.39, 0.29) is 12.5 Å². The van der Waals surface area contributed by atoms with Crippen LogP contribution in [0.4, 0.5) is 11.5 Å². The smallest absolute Gasteiger partial charge is 0.287 e. The lowest BCUT2D eigenvalue weighted by molar-refractivity contribution is -0.385. The molecule has 146 valence electrons. The molecule has 0 aliphatic carbocycles. The van der Waals surface area contributed by atoms with E-state index >= 15 is 0 Å². The summed E-state index contributed by atoms with van der Waals surface area (Å²) in [5, 5.41) is 14.7. The lowest BCUT2D eigenvalue weighted by Crippen LogP contribution is -1.96. The van der Waals surface area contributed by atoms with Gasteiger partial charge in [0.2, 0.25) is 6.79 Å². The van der Waals surface area contributed by atoms with Gasteiger partial charge in [0.25, 0.3) is 5.69 Å². The van der Waals surface area contributed by atoms with Gasteiger partial charge in [0.15, 0.2) is 11.5 Å². The molecule has 1 aromatic heterocycles. The molecule has 1 N–H and O–H groups in total. The van der Waals surface area contributed by atoms with Crippen LogP contribution in [0.2, 0.25) is 0 Å². The molecule has 1 aliphatic heterocycles. The Morgan fingerprint density at radius 3 is 2.72 bits per heavy atom. The van der Waals surface area contributed by atoms with Gasteiger partial charge in [0.05, 0.1) is 11.1 Å². The molecule has 2 heterocycles. The largest absolute Gasteiger partial charge is 0.489 e. The monoisotopic (exact) mass is 392 g/mol. The topological polar surface area (TPSA) is 108 Å². The van der Waals surface area contributed by atoms with Crippen molar-refractivity contribution in [2.24, 2.45) is 5.10 Å². The van der Waals surface area contributed by atoms with Gasteiger partial charge in [0, 0.05) is 6.07 Å². The minimum atomic E-state index is -0.504. The lowest BCUT2D eigenvalue weighted by Gasteiger charge is -2.07. The number of benzene rings is 2. The van der Waals surface area contributed by atoms with Crippen molar-refractivity contribution in [3.05, 3.63) is 82.0 Å². The number of pyridine rings is 1. The second-order valence-corrected chi connectivity index (χ2v) is 6.07. The SMILES string of the molecule is O=[N+]([O-])c1ccc(N/N=C/c2ccc(OCc3ccc4c(c3)OCO4)cc2)nc1. The van der Waals surface area contributed by atoms with Crippen LogP contribution in [0.25, 0.3) is 0 Å². The Labute approximate surface area is 165 Å². The Hall–Kier alpha value is -4.14. The summed E-state index contributed by atoms with van der Waals surface area (Å²) in [6.07, 6.45) is 2.79. The van der Waals surface area contributed by atoms with Crippen molar-refractivity contribution in [3.8, 4) is 17.2 Å². The van der Waals surface area contributed by atoms with Crippen molar-refractivity contribution >= 4 is 17.7 Å². The molecule has 29 heavy (non-hydrogen) atoms. The van der Waals surface area contributed by atoms with E-state index in [2.05, 4.69) is 15.5 Å². The first kappa shape index (κ1) is 18.2. The first-order valence-electron chi connectivity index (χ1n) is 8.68. The molecular formula is C20H16N4O5. The molecule has 0 fully saturated rings. The molecule has 0 bridgehead atoms. The molecule has 0 radical (unpaired) electrons. The number of rotatable bonds is 7. The second kappa shape index (κ2) is 8.26. The van der Waals surface area contributed by atoms with Crippen molar-refractivity contribution < 1.29 is 19.1 Å². The highest BCUT2D eigenvalue weighted by atomic mass is 16.7. The second-order valence-electron chi connectivity index (χ2n) is 6.07. The van der Waals surface area contributed by atoms with Gasteiger partial charge < -0.3 is 14.2 Å². The summed E-state index contributed by atoms with van der Waals surface area (Å²) in [4.78, 5) is 14.0. The number of nitro groups is 1. The van der Waals surface area contributed by atoms with Crippen molar-refractivity contribution in [2.75, 3.05) is 12.2 Å². The molecule has 0 atom stereocenters. The highest BCUT2D eigenvalue weighted by Gasteiger charge is 2.13. The number of fused-ring (bicyclic) bond motifs is 1. The Morgan fingerprint density at radius 1 is 1.14 bits per heavy atom. The van der Waals surface area contributed by atoms with Gasteiger partial charge in [-0.25, -0.2) is 4.98 Å². The molecule has 9 heteroatoms. The van der Waals surface area contributed by atoms with Crippen LogP contribution >= 0.6 is 0 Å². The van der Waals surface area contributed by atoms with Gasteiger partial charge in [-0.3, -0.25) is 15.5 Å². The van der Waals surface area contributed by atoms with E-state index in [0.717, 1.165) is 28.4 Å². The van der Waals surface area contributed by atoms with E-state index in [0.29, 0.717) is 12.4 Å². The summed E-state index contributed by atoms with van der Waals surface area (Å²) in [5.74, 6) is 2.61. The van der Waals surface area contributed by atoms with E-state index in [1.54, 1.807) is 6.21 Å². The van der Waals surface area contributed by atoms with Crippen LogP contribution in [0.5, 0.6) is 17.2 Å². The average molecular weight is 392 g/mol. The van der Waals surface area contributed by atoms with E-state index in [1.165, 1.54) is 18.3 Å². The van der Waals surface area contributed by atoms with Gasteiger partial charge in [-0.05, 0) is 53.6 Å². The summed E-state index contributed by atoms with van der Waals surface area (Å²) in [6.45, 7) is 0.662. The first-order valence-corrected chi connectivity index (χ1v) is 8.68. The molecule has 2 aromatic carbocycles. The van der Waals surface area contributed by atoms with Crippen molar-refractivity contribution in [2.45, 2.75) is 6.61 Å². The van der Waals surface area contributed by atoms with E-state index in [4.69, 9.17) is 14.2 Å². The fraction of sp³-hybridized carbons (Fsp3) is 0.100. The zero-order valence-electron chi connectivity index (χ0n) is 15.1. The number of anilines is 1. The number of aromatic nitrogens is 1. The summed E-state index contributed by atoms with van der Waals surface area (Å²) in [7, 11) is 0. The number of hydrogen-bond donors (Lipinski definition) is 1. The number of nitrogens with zero attached hydrogens (tertiary/aromatic N) is 3. The van der Waals surface area contributed by atoms with Gasteiger partial charge in [-0.1, -0.05) is 6.07 Å². The van der Waals surface area contributed by atoms with E-state index in [9.17, 15) is 10.1 Å². The highest BCUT2D eigenvalue weighted by Crippen LogP contribution is 2.32. The number of ether oxygens (including phenoxy) is 3. The van der Waals surface area contributed by atoms with Crippen LogP contribution in [0.3, 0.4) is 0 Å². The Kier molecular flexibility index (Phi) is 5.19. The maximum absolute atomic E-state index is 10.6. The van der Waals surface area contributed by atoms with E-state index in [1.807, 2.05) is 42.5 Å². The predicted molar refractivity (Wildman–Crippen MR) is 105 cm³/mol. The zero-order chi connectivity index (χ0) is 20.1. The Bertz CT molecular complexity index is 1040. The molecule has 0 amide bonds. The third-order valence-electron chi connectivity index (χ3n) is 4.07. The quantitative estimate of drug-likeness (QED) is 0.371. The molecule has 0 unspecified atom stereocenters. The normalized spacial score (nSPS) is 12.1. The van der Waals surface area contributed by atoms with Crippen LogP contribution < -0.4 is 19.6 Å². The van der Waals surface area contributed by atoms with E-state index < -0.39 is 4.92 Å². The van der Waals surface area contributed by atoms with Crippen molar-refractivity contribution in [3.63, 3.8) is 0 Å². The molecule has 0 saturated heterocycles. The van der Waals surface area contributed by atoms with Crippen LogP contribution in [0.15, 0.2) is 65.9 Å². The number of hydrazone groups is 1. The Balaban J connectivity index is 1.29. The van der Waals surface area contributed by atoms with Gasteiger partial charge in [0.1, 0.15) is 24.4 Å². The molecule has 3 aromatic rings. The maximum Gasteiger partial charge on any atom is 0.287 e. The standard InChI is InChI=1S/C20H16N4O5/c25-24(26)16-4-8-20(21-11-16)23-22-10-14-1-5-17(6-2-14)27-12-15-3-7-18-19(9-15)29-13-28-18/h1-11H,12-13H2,(H,21,23)/b22-10+. The molecule has 0 spiro atoms. The van der Waals surface area contributed by atoms with Gasteiger partial charge >= 0.3 is 0 Å². The van der Waals surface area contributed by atoms with Crippen molar-refractivity contribution in [1.29, 1.82) is 0 Å². The molecule has 4 rings (SSSR count). The summed E-state index contributed by atoms with van der Waals surface area (Å²) in [6, 6.07) is 16.0.